The molecular weight excluding hydrogens is 329 g/mol. The number of piperidine rings is 1. The van der Waals surface area contributed by atoms with Crippen LogP contribution in [0.15, 0.2) is 24.3 Å². The highest BCUT2D eigenvalue weighted by Crippen LogP contribution is 2.51. The van der Waals surface area contributed by atoms with Crippen molar-refractivity contribution in [2.75, 3.05) is 26.2 Å². The SMILES string of the molecule is O=C(N1CCC2(CCNC2)CC1)C1(c2cccc(C(F)(F)F)c2)CC1. The molecule has 0 atom stereocenters. The highest BCUT2D eigenvalue weighted by atomic mass is 19.4. The summed E-state index contributed by atoms with van der Waals surface area (Å²) in [6.07, 6.45) is 0.0669. The van der Waals surface area contributed by atoms with Gasteiger partial charge in [-0.2, -0.15) is 13.2 Å². The van der Waals surface area contributed by atoms with E-state index in [1.54, 1.807) is 6.07 Å². The van der Waals surface area contributed by atoms with E-state index < -0.39 is 17.2 Å². The molecule has 1 amide bonds. The van der Waals surface area contributed by atoms with E-state index in [1.807, 2.05) is 4.90 Å². The molecule has 1 aromatic rings. The van der Waals surface area contributed by atoms with Crippen molar-refractivity contribution in [3.8, 4) is 0 Å². The number of hydrogen-bond donors (Lipinski definition) is 1. The van der Waals surface area contributed by atoms with Gasteiger partial charge in [-0.1, -0.05) is 18.2 Å². The summed E-state index contributed by atoms with van der Waals surface area (Å²) in [5.41, 5.74) is -0.544. The minimum absolute atomic E-state index is 0.0210. The Kier molecular flexibility index (Phi) is 3.87. The molecule has 4 rings (SSSR count). The predicted molar refractivity (Wildman–Crippen MR) is 88.1 cm³/mol. The van der Waals surface area contributed by atoms with Crippen LogP contribution in [0.1, 0.15) is 43.2 Å². The van der Waals surface area contributed by atoms with Gasteiger partial charge in [-0.3, -0.25) is 4.79 Å². The van der Waals surface area contributed by atoms with Crippen molar-refractivity contribution < 1.29 is 18.0 Å². The number of amides is 1. The topological polar surface area (TPSA) is 32.3 Å². The standard InChI is InChI=1S/C19H23F3N2O/c20-19(21,22)15-3-1-2-14(12-15)18(4-5-18)16(25)24-10-7-17(8-11-24)6-9-23-13-17/h1-3,12,23H,4-11,13H2. The zero-order chi connectivity index (χ0) is 17.7. The van der Waals surface area contributed by atoms with Crippen molar-refractivity contribution in [3.05, 3.63) is 35.4 Å². The van der Waals surface area contributed by atoms with Crippen LogP contribution in [-0.2, 0) is 16.4 Å². The molecule has 3 aliphatic rings. The van der Waals surface area contributed by atoms with Gasteiger partial charge < -0.3 is 10.2 Å². The largest absolute Gasteiger partial charge is 0.416 e. The fourth-order valence-electron chi connectivity index (χ4n) is 4.45. The third-order valence-electron chi connectivity index (χ3n) is 6.35. The molecule has 6 heteroatoms. The number of rotatable bonds is 2. The minimum atomic E-state index is -4.37. The number of nitrogens with one attached hydrogen (secondary N) is 1. The summed E-state index contributed by atoms with van der Waals surface area (Å²) in [7, 11) is 0. The van der Waals surface area contributed by atoms with Crippen LogP contribution in [0.25, 0.3) is 0 Å². The molecule has 1 N–H and O–H groups in total. The highest BCUT2D eigenvalue weighted by Gasteiger charge is 2.54. The van der Waals surface area contributed by atoms with E-state index in [0.29, 0.717) is 23.8 Å². The summed E-state index contributed by atoms with van der Waals surface area (Å²) in [4.78, 5) is 15.0. The van der Waals surface area contributed by atoms with Crippen molar-refractivity contribution in [2.24, 2.45) is 5.41 Å². The zero-order valence-corrected chi connectivity index (χ0v) is 14.2. The average Bonchev–Trinajstić information content (AvgIpc) is 3.30. The van der Waals surface area contributed by atoms with E-state index in [1.165, 1.54) is 6.07 Å². The molecule has 2 heterocycles. The lowest BCUT2D eigenvalue weighted by Crippen LogP contribution is -2.47. The van der Waals surface area contributed by atoms with Crippen LogP contribution < -0.4 is 5.32 Å². The average molecular weight is 352 g/mol. The van der Waals surface area contributed by atoms with E-state index >= 15 is 0 Å². The molecule has 0 bridgehead atoms. The number of nitrogens with zero attached hydrogens (tertiary/aromatic N) is 1. The highest BCUT2D eigenvalue weighted by molar-refractivity contribution is 5.91. The fourth-order valence-corrected chi connectivity index (χ4v) is 4.45. The Morgan fingerprint density at radius 3 is 2.36 bits per heavy atom. The number of alkyl halides is 3. The molecule has 2 saturated heterocycles. The summed E-state index contributed by atoms with van der Waals surface area (Å²) in [6.45, 7) is 3.51. The van der Waals surface area contributed by atoms with Gasteiger partial charge in [0, 0.05) is 19.6 Å². The number of likely N-dealkylation sites (tertiary alicyclic amines) is 1. The van der Waals surface area contributed by atoms with Gasteiger partial charge >= 0.3 is 6.18 Å². The molecule has 1 aromatic carbocycles. The van der Waals surface area contributed by atoms with Gasteiger partial charge in [0.15, 0.2) is 0 Å². The van der Waals surface area contributed by atoms with E-state index in [2.05, 4.69) is 5.32 Å². The van der Waals surface area contributed by atoms with Crippen LogP contribution in [0.5, 0.6) is 0 Å². The molecule has 0 radical (unpaired) electrons. The van der Waals surface area contributed by atoms with Crippen LogP contribution in [-0.4, -0.2) is 37.0 Å². The first-order valence-electron chi connectivity index (χ1n) is 9.03. The van der Waals surface area contributed by atoms with E-state index in [-0.39, 0.29) is 5.91 Å². The van der Waals surface area contributed by atoms with Gasteiger partial charge in [0.2, 0.25) is 5.91 Å². The minimum Gasteiger partial charge on any atom is -0.342 e. The summed E-state index contributed by atoms with van der Waals surface area (Å²) >= 11 is 0. The lowest BCUT2D eigenvalue weighted by atomic mass is 9.77. The Bertz CT molecular complexity index is 665. The predicted octanol–water partition coefficient (Wildman–Crippen LogP) is 3.34. The lowest BCUT2D eigenvalue weighted by Gasteiger charge is -2.40. The summed E-state index contributed by atoms with van der Waals surface area (Å²) in [5, 5.41) is 3.41. The van der Waals surface area contributed by atoms with E-state index in [4.69, 9.17) is 0 Å². The van der Waals surface area contributed by atoms with Crippen molar-refractivity contribution in [1.82, 2.24) is 10.2 Å². The number of hydrogen-bond acceptors (Lipinski definition) is 2. The molecule has 1 aliphatic carbocycles. The lowest BCUT2D eigenvalue weighted by molar-refractivity contribution is -0.138. The summed E-state index contributed by atoms with van der Waals surface area (Å²) < 4.78 is 39.0. The third-order valence-corrected chi connectivity index (χ3v) is 6.35. The number of benzene rings is 1. The first-order chi connectivity index (χ1) is 11.8. The van der Waals surface area contributed by atoms with Gasteiger partial charge in [0.1, 0.15) is 0 Å². The molecule has 0 aromatic heterocycles. The number of carbonyl (C=O) groups is 1. The first kappa shape index (κ1) is 16.9. The Hall–Kier alpha value is -1.56. The van der Waals surface area contributed by atoms with Crippen molar-refractivity contribution in [3.63, 3.8) is 0 Å². The zero-order valence-electron chi connectivity index (χ0n) is 14.2. The monoisotopic (exact) mass is 352 g/mol. The van der Waals surface area contributed by atoms with Gasteiger partial charge in [-0.15, -0.1) is 0 Å². The maximum atomic E-state index is 13.1. The Balaban J connectivity index is 1.51. The van der Waals surface area contributed by atoms with Gasteiger partial charge in [-0.05, 0) is 55.7 Å². The van der Waals surface area contributed by atoms with Crippen LogP contribution in [0.2, 0.25) is 0 Å². The number of halogens is 3. The number of carbonyl (C=O) groups excluding carboxylic acids is 1. The van der Waals surface area contributed by atoms with Gasteiger partial charge in [-0.25, -0.2) is 0 Å². The maximum Gasteiger partial charge on any atom is 0.416 e. The fraction of sp³-hybridized carbons (Fsp3) is 0.632. The first-order valence-corrected chi connectivity index (χ1v) is 9.03. The normalized spacial score (nSPS) is 24.5. The molecule has 1 spiro atoms. The molecule has 3 nitrogen and oxygen atoms in total. The Morgan fingerprint density at radius 2 is 1.80 bits per heavy atom. The van der Waals surface area contributed by atoms with Crippen LogP contribution in [0, 0.1) is 5.41 Å². The molecule has 1 saturated carbocycles. The van der Waals surface area contributed by atoms with Gasteiger partial charge in [0.05, 0.1) is 11.0 Å². The second kappa shape index (κ2) is 5.73. The van der Waals surface area contributed by atoms with Crippen molar-refractivity contribution in [1.29, 1.82) is 0 Å². The van der Waals surface area contributed by atoms with Crippen LogP contribution >= 0.6 is 0 Å². The smallest absolute Gasteiger partial charge is 0.342 e. The van der Waals surface area contributed by atoms with Crippen molar-refractivity contribution in [2.45, 2.75) is 43.7 Å². The quantitative estimate of drug-likeness (QED) is 0.885. The molecule has 2 aliphatic heterocycles. The molecule has 25 heavy (non-hydrogen) atoms. The molecular formula is C19H23F3N2O. The second-order valence-electron chi connectivity index (χ2n) is 7.88. The summed E-state index contributed by atoms with van der Waals surface area (Å²) in [6, 6.07) is 5.33. The Labute approximate surface area is 145 Å². The van der Waals surface area contributed by atoms with Crippen molar-refractivity contribution >= 4 is 5.91 Å². The molecule has 3 fully saturated rings. The Morgan fingerprint density at radius 1 is 1.08 bits per heavy atom. The molecule has 0 unspecified atom stereocenters. The third kappa shape index (κ3) is 2.94. The summed E-state index contributed by atoms with van der Waals surface area (Å²) in [5.74, 6) is 0.0210. The maximum absolute atomic E-state index is 13.1. The van der Waals surface area contributed by atoms with Crippen LogP contribution in [0.4, 0.5) is 13.2 Å². The van der Waals surface area contributed by atoms with E-state index in [0.717, 1.165) is 57.6 Å². The molecule has 136 valence electrons. The second-order valence-corrected chi connectivity index (χ2v) is 7.88. The van der Waals surface area contributed by atoms with E-state index in [9.17, 15) is 18.0 Å². The van der Waals surface area contributed by atoms with Gasteiger partial charge in [0.25, 0.3) is 0 Å². The van der Waals surface area contributed by atoms with Crippen LogP contribution in [0.3, 0.4) is 0 Å².